The van der Waals surface area contributed by atoms with Crippen LogP contribution in [0, 0.1) is 24.2 Å². The number of nitrogens with zero attached hydrogens (tertiary/aromatic N) is 3. The first-order valence-electron chi connectivity index (χ1n) is 5.97. The van der Waals surface area contributed by atoms with Crippen LogP contribution in [0.3, 0.4) is 0 Å². The van der Waals surface area contributed by atoms with Crippen molar-refractivity contribution in [2.75, 3.05) is 23.4 Å². The van der Waals surface area contributed by atoms with Gasteiger partial charge in [-0.25, -0.2) is 0 Å². The number of aryl methyl sites for hydroxylation is 2. The third kappa shape index (κ3) is 2.75. The molecule has 5 heteroatoms. The largest absolute Gasteiger partial charge is 0.369 e. The lowest BCUT2D eigenvalue weighted by atomic mass is 10.0. The van der Waals surface area contributed by atoms with Crippen molar-refractivity contribution in [3.63, 3.8) is 0 Å². The minimum Gasteiger partial charge on any atom is -0.369 e. The third-order valence-corrected chi connectivity index (χ3v) is 4.28. The maximum Gasteiger partial charge on any atom is 0.142 e. The zero-order valence-corrected chi connectivity index (χ0v) is 11.2. The van der Waals surface area contributed by atoms with Gasteiger partial charge in [-0.3, -0.25) is 4.68 Å². The van der Waals surface area contributed by atoms with E-state index in [1.165, 1.54) is 24.3 Å². The van der Waals surface area contributed by atoms with Crippen LogP contribution >= 0.6 is 11.8 Å². The molecule has 0 spiro atoms. The standard InChI is InChI=1S/C12H18N4S/c1-9-11(7-13)12(16(2)15-9)14-8-10-3-5-17-6-4-10/h10,14H,3-6,8H2,1-2H3. The molecule has 1 N–H and O–H groups in total. The molecule has 0 unspecified atom stereocenters. The highest BCUT2D eigenvalue weighted by Crippen LogP contribution is 2.24. The van der Waals surface area contributed by atoms with E-state index in [1.807, 2.05) is 25.7 Å². The molecule has 2 heterocycles. The van der Waals surface area contributed by atoms with Crippen LogP contribution in [0.4, 0.5) is 5.82 Å². The molecule has 1 fully saturated rings. The maximum atomic E-state index is 9.10. The molecule has 0 aliphatic carbocycles. The van der Waals surface area contributed by atoms with Crippen LogP contribution in [-0.2, 0) is 7.05 Å². The second-order valence-electron chi connectivity index (χ2n) is 4.48. The fourth-order valence-electron chi connectivity index (χ4n) is 2.19. The van der Waals surface area contributed by atoms with E-state index in [9.17, 15) is 0 Å². The average Bonchev–Trinajstić information content (AvgIpc) is 2.62. The quantitative estimate of drug-likeness (QED) is 0.893. The van der Waals surface area contributed by atoms with Gasteiger partial charge in [0.25, 0.3) is 0 Å². The normalized spacial score (nSPS) is 16.8. The van der Waals surface area contributed by atoms with E-state index >= 15 is 0 Å². The van der Waals surface area contributed by atoms with E-state index < -0.39 is 0 Å². The van der Waals surface area contributed by atoms with Crippen LogP contribution in [0.25, 0.3) is 0 Å². The number of hydrogen-bond acceptors (Lipinski definition) is 4. The van der Waals surface area contributed by atoms with Gasteiger partial charge in [0.15, 0.2) is 0 Å². The predicted octanol–water partition coefficient (Wildman–Crippen LogP) is 2.16. The number of aromatic nitrogens is 2. The van der Waals surface area contributed by atoms with Crippen molar-refractivity contribution in [2.45, 2.75) is 19.8 Å². The van der Waals surface area contributed by atoms with Gasteiger partial charge in [0.1, 0.15) is 17.5 Å². The summed E-state index contributed by atoms with van der Waals surface area (Å²) in [7, 11) is 1.88. The SMILES string of the molecule is Cc1nn(C)c(NCC2CCSCC2)c1C#N. The second-order valence-corrected chi connectivity index (χ2v) is 5.71. The van der Waals surface area contributed by atoms with Gasteiger partial charge in [0.2, 0.25) is 0 Å². The summed E-state index contributed by atoms with van der Waals surface area (Å²) in [6.45, 7) is 2.83. The molecule has 2 rings (SSSR count). The van der Waals surface area contributed by atoms with E-state index in [0.29, 0.717) is 5.56 Å². The first kappa shape index (κ1) is 12.3. The zero-order chi connectivity index (χ0) is 12.3. The highest BCUT2D eigenvalue weighted by molar-refractivity contribution is 7.99. The Bertz CT molecular complexity index is 426. The molecule has 1 saturated heterocycles. The van der Waals surface area contributed by atoms with Crippen LogP contribution in [0.2, 0.25) is 0 Å². The summed E-state index contributed by atoms with van der Waals surface area (Å²) in [5, 5.41) is 16.8. The van der Waals surface area contributed by atoms with Gasteiger partial charge in [0, 0.05) is 13.6 Å². The summed E-state index contributed by atoms with van der Waals surface area (Å²) in [5.74, 6) is 4.13. The molecule has 0 radical (unpaired) electrons. The number of rotatable bonds is 3. The summed E-state index contributed by atoms with van der Waals surface area (Å²) in [6, 6.07) is 2.22. The molecule has 0 bridgehead atoms. The summed E-state index contributed by atoms with van der Waals surface area (Å²) < 4.78 is 1.77. The molecule has 0 saturated carbocycles. The first-order valence-corrected chi connectivity index (χ1v) is 7.13. The van der Waals surface area contributed by atoms with Gasteiger partial charge in [0.05, 0.1) is 5.69 Å². The van der Waals surface area contributed by atoms with Gasteiger partial charge in [-0.1, -0.05) is 0 Å². The molecule has 4 nitrogen and oxygen atoms in total. The number of anilines is 1. The monoisotopic (exact) mass is 250 g/mol. The van der Waals surface area contributed by atoms with Gasteiger partial charge >= 0.3 is 0 Å². The Morgan fingerprint density at radius 1 is 1.53 bits per heavy atom. The van der Waals surface area contributed by atoms with Crippen molar-refractivity contribution in [3.8, 4) is 6.07 Å². The summed E-state index contributed by atoms with van der Waals surface area (Å²) in [6.07, 6.45) is 2.55. The van der Waals surface area contributed by atoms with Crippen LogP contribution in [-0.4, -0.2) is 27.8 Å². The maximum absolute atomic E-state index is 9.10. The minimum absolute atomic E-state index is 0.678. The molecule has 92 valence electrons. The lowest BCUT2D eigenvalue weighted by molar-refractivity contribution is 0.514. The van der Waals surface area contributed by atoms with Gasteiger partial charge < -0.3 is 5.32 Å². The molecule has 1 aromatic heterocycles. The first-order chi connectivity index (χ1) is 8.22. The van der Waals surface area contributed by atoms with Crippen LogP contribution < -0.4 is 5.32 Å². The number of hydrogen-bond donors (Lipinski definition) is 1. The van der Waals surface area contributed by atoms with E-state index in [2.05, 4.69) is 16.5 Å². The fraction of sp³-hybridized carbons (Fsp3) is 0.667. The van der Waals surface area contributed by atoms with Crippen molar-refractivity contribution in [1.29, 1.82) is 5.26 Å². The molecule has 0 amide bonds. The highest BCUT2D eigenvalue weighted by atomic mass is 32.2. The second kappa shape index (κ2) is 5.46. The van der Waals surface area contributed by atoms with Gasteiger partial charge in [-0.2, -0.15) is 22.1 Å². The number of nitrogens with one attached hydrogen (secondary N) is 1. The summed E-state index contributed by atoms with van der Waals surface area (Å²) in [5.41, 5.74) is 1.48. The minimum atomic E-state index is 0.678. The molecule has 0 atom stereocenters. The van der Waals surface area contributed by atoms with Crippen molar-refractivity contribution < 1.29 is 0 Å². The third-order valence-electron chi connectivity index (χ3n) is 3.23. The fourth-order valence-corrected chi connectivity index (χ4v) is 3.39. The summed E-state index contributed by atoms with van der Waals surface area (Å²) in [4.78, 5) is 0. The van der Waals surface area contributed by atoms with Crippen LogP contribution in [0.1, 0.15) is 24.1 Å². The Balaban J connectivity index is 2.01. The predicted molar refractivity (Wildman–Crippen MR) is 71.2 cm³/mol. The molecule has 1 aromatic rings. The number of thioether (sulfide) groups is 1. The Kier molecular flexibility index (Phi) is 3.95. The van der Waals surface area contributed by atoms with E-state index in [1.54, 1.807) is 4.68 Å². The number of nitriles is 1. The Hall–Kier alpha value is -1.15. The van der Waals surface area contributed by atoms with Crippen molar-refractivity contribution >= 4 is 17.6 Å². The molecule has 0 aromatic carbocycles. The lowest BCUT2D eigenvalue weighted by Gasteiger charge is -2.22. The van der Waals surface area contributed by atoms with Crippen molar-refractivity contribution in [1.82, 2.24) is 9.78 Å². The molecular weight excluding hydrogens is 232 g/mol. The van der Waals surface area contributed by atoms with Crippen molar-refractivity contribution in [2.24, 2.45) is 13.0 Å². The van der Waals surface area contributed by atoms with Gasteiger partial charge in [-0.05, 0) is 37.2 Å². The zero-order valence-electron chi connectivity index (χ0n) is 10.4. The van der Waals surface area contributed by atoms with Gasteiger partial charge in [-0.15, -0.1) is 0 Å². The highest BCUT2D eigenvalue weighted by Gasteiger charge is 2.16. The molecule has 1 aliphatic rings. The molecular formula is C12H18N4S. The van der Waals surface area contributed by atoms with Crippen LogP contribution in [0.15, 0.2) is 0 Å². The average molecular weight is 250 g/mol. The van der Waals surface area contributed by atoms with Crippen molar-refractivity contribution in [3.05, 3.63) is 11.3 Å². The van der Waals surface area contributed by atoms with E-state index in [4.69, 9.17) is 5.26 Å². The smallest absolute Gasteiger partial charge is 0.142 e. The Labute approximate surface area is 106 Å². The molecule has 1 aliphatic heterocycles. The Morgan fingerprint density at radius 2 is 2.24 bits per heavy atom. The topological polar surface area (TPSA) is 53.6 Å². The Morgan fingerprint density at radius 3 is 2.88 bits per heavy atom. The summed E-state index contributed by atoms with van der Waals surface area (Å²) >= 11 is 2.04. The molecule has 17 heavy (non-hydrogen) atoms. The van der Waals surface area contributed by atoms with E-state index in [-0.39, 0.29) is 0 Å². The van der Waals surface area contributed by atoms with E-state index in [0.717, 1.165) is 24.0 Å². The van der Waals surface area contributed by atoms with Crippen LogP contribution in [0.5, 0.6) is 0 Å². The lowest BCUT2D eigenvalue weighted by Crippen LogP contribution is -2.20.